The first-order chi connectivity index (χ1) is 13.5. The second kappa shape index (κ2) is 7.87. The number of phenols is 2. The van der Waals surface area contributed by atoms with Gasteiger partial charge in [0.1, 0.15) is 11.5 Å². The van der Waals surface area contributed by atoms with Crippen molar-refractivity contribution < 1.29 is 23.2 Å². The van der Waals surface area contributed by atoms with Gasteiger partial charge in [-0.2, -0.15) is 8.42 Å². The smallest absolute Gasteiger partial charge is 0.283 e. The molecule has 10 heteroatoms. The number of rotatable bonds is 4. The lowest BCUT2D eigenvalue weighted by molar-refractivity contribution is 0.439. The average Bonchev–Trinajstić information content (AvgIpc) is 2.62. The Morgan fingerprint density at radius 2 is 1.45 bits per heavy atom. The molecular formula is C19H12Cl4O5S. The summed E-state index contributed by atoms with van der Waals surface area (Å²) in [6.07, 6.45) is 0. The fourth-order valence-electron chi connectivity index (χ4n) is 3.22. The van der Waals surface area contributed by atoms with Gasteiger partial charge in [0.25, 0.3) is 10.1 Å². The van der Waals surface area contributed by atoms with Crippen molar-refractivity contribution in [3.05, 3.63) is 91.4 Å². The number of phenolic OH excluding ortho intramolecular Hbond substituents is 2. The number of hydrogen-bond acceptors (Lipinski definition) is 4. The van der Waals surface area contributed by atoms with Crippen LogP contribution in [0.3, 0.4) is 0 Å². The molecule has 0 aromatic heterocycles. The largest absolute Gasteiger partial charge is 0.506 e. The Hall–Kier alpha value is -1.67. The van der Waals surface area contributed by atoms with Crippen molar-refractivity contribution in [2.24, 2.45) is 0 Å². The lowest BCUT2D eigenvalue weighted by atomic mass is 9.83. The van der Waals surface area contributed by atoms with Crippen molar-refractivity contribution in [3.63, 3.8) is 0 Å². The van der Waals surface area contributed by atoms with Gasteiger partial charge in [0.05, 0.1) is 10.0 Å². The van der Waals surface area contributed by atoms with Crippen molar-refractivity contribution in [2.75, 3.05) is 0 Å². The van der Waals surface area contributed by atoms with E-state index in [1.807, 2.05) is 0 Å². The molecule has 0 radical (unpaired) electrons. The maximum absolute atomic E-state index is 13.0. The number of halogens is 4. The van der Waals surface area contributed by atoms with Crippen LogP contribution in [0.2, 0.25) is 20.1 Å². The van der Waals surface area contributed by atoms with E-state index in [0.29, 0.717) is 0 Å². The molecule has 0 spiro atoms. The van der Waals surface area contributed by atoms with E-state index in [4.69, 9.17) is 46.4 Å². The molecule has 0 aliphatic rings. The molecule has 0 bridgehead atoms. The van der Waals surface area contributed by atoms with Crippen LogP contribution in [0.5, 0.6) is 11.5 Å². The first-order valence-electron chi connectivity index (χ1n) is 7.89. The van der Waals surface area contributed by atoms with E-state index >= 15 is 0 Å². The second-order valence-corrected chi connectivity index (χ2v) is 9.31. The Morgan fingerprint density at radius 1 is 0.793 bits per heavy atom. The minimum absolute atomic E-state index is 0.00544. The van der Waals surface area contributed by atoms with Crippen LogP contribution >= 0.6 is 46.4 Å². The molecule has 29 heavy (non-hydrogen) atoms. The third kappa shape index (κ3) is 3.65. The van der Waals surface area contributed by atoms with Crippen molar-refractivity contribution in [1.82, 2.24) is 0 Å². The van der Waals surface area contributed by atoms with E-state index in [9.17, 15) is 23.2 Å². The lowest BCUT2D eigenvalue weighted by Crippen LogP contribution is -2.38. The average molecular weight is 494 g/mol. The van der Waals surface area contributed by atoms with Gasteiger partial charge in [-0.3, -0.25) is 4.55 Å². The van der Waals surface area contributed by atoms with Crippen LogP contribution in [-0.4, -0.2) is 23.2 Å². The quantitative estimate of drug-likeness (QED) is 0.311. The lowest BCUT2D eigenvalue weighted by Gasteiger charge is -2.34. The molecule has 0 aliphatic carbocycles. The third-order valence-electron chi connectivity index (χ3n) is 4.38. The fraction of sp³-hybridized carbons (Fsp3) is 0.0526. The predicted molar refractivity (Wildman–Crippen MR) is 114 cm³/mol. The molecule has 3 rings (SSSR count). The molecule has 0 amide bonds. The number of benzene rings is 3. The molecule has 0 saturated heterocycles. The highest BCUT2D eigenvalue weighted by atomic mass is 35.5. The Labute approximate surface area is 186 Å². The zero-order valence-electron chi connectivity index (χ0n) is 14.3. The monoisotopic (exact) mass is 492 g/mol. The van der Waals surface area contributed by atoms with E-state index < -0.39 is 26.4 Å². The standard InChI is InChI=1S/C19H12Cl4O5S/c20-11-4-1-3-10(7-11)19(29(26,27)28,13-5-2-6-16(24)17(13)23)14-8-12(21)9-15(22)18(14)25/h1-9,24-25H,(H,26,27,28). The number of hydrogen-bond donors (Lipinski definition) is 3. The molecule has 0 aliphatic heterocycles. The molecule has 1 atom stereocenters. The van der Waals surface area contributed by atoms with Crippen LogP contribution in [0.4, 0.5) is 0 Å². The van der Waals surface area contributed by atoms with Gasteiger partial charge in [-0.15, -0.1) is 0 Å². The molecule has 0 fully saturated rings. The molecule has 1 unspecified atom stereocenters. The van der Waals surface area contributed by atoms with Crippen LogP contribution in [0.15, 0.2) is 54.6 Å². The highest BCUT2D eigenvalue weighted by molar-refractivity contribution is 7.87. The summed E-state index contributed by atoms with van der Waals surface area (Å²) in [4.78, 5) is 0. The van der Waals surface area contributed by atoms with Crippen molar-refractivity contribution in [2.45, 2.75) is 4.75 Å². The minimum atomic E-state index is -5.13. The van der Waals surface area contributed by atoms with Gasteiger partial charge >= 0.3 is 0 Å². The molecule has 152 valence electrons. The highest BCUT2D eigenvalue weighted by Crippen LogP contribution is 2.52. The SMILES string of the molecule is O=S(=O)(O)C(c1cccc(Cl)c1)(c1cc(Cl)cc(Cl)c1O)c1cccc(O)c1Cl. The summed E-state index contributed by atoms with van der Waals surface area (Å²) in [5.41, 5.74) is -0.668. The van der Waals surface area contributed by atoms with E-state index in [1.54, 1.807) is 0 Å². The first kappa shape index (κ1) is 22.0. The number of aromatic hydroxyl groups is 2. The molecular weight excluding hydrogens is 482 g/mol. The van der Waals surface area contributed by atoms with Crippen LogP contribution in [0, 0.1) is 0 Å². The normalized spacial score (nSPS) is 13.8. The van der Waals surface area contributed by atoms with Crippen LogP contribution in [-0.2, 0) is 14.9 Å². The second-order valence-electron chi connectivity index (χ2n) is 6.09. The Kier molecular flexibility index (Phi) is 5.98. The van der Waals surface area contributed by atoms with E-state index in [2.05, 4.69) is 0 Å². The van der Waals surface area contributed by atoms with Crippen molar-refractivity contribution in [3.8, 4) is 11.5 Å². The summed E-state index contributed by atoms with van der Waals surface area (Å²) in [6.45, 7) is 0. The predicted octanol–water partition coefficient (Wildman–Crippen LogP) is 5.89. The molecule has 5 nitrogen and oxygen atoms in total. The Morgan fingerprint density at radius 3 is 2.07 bits per heavy atom. The van der Waals surface area contributed by atoms with Crippen molar-refractivity contribution in [1.29, 1.82) is 0 Å². The van der Waals surface area contributed by atoms with Gasteiger partial charge < -0.3 is 10.2 Å². The van der Waals surface area contributed by atoms with Gasteiger partial charge in [-0.05, 0) is 35.9 Å². The topological polar surface area (TPSA) is 94.8 Å². The van der Waals surface area contributed by atoms with Gasteiger partial charge in [-0.25, -0.2) is 0 Å². The Balaban J connectivity index is 2.65. The van der Waals surface area contributed by atoms with E-state index in [1.165, 1.54) is 48.5 Å². The highest BCUT2D eigenvalue weighted by Gasteiger charge is 2.52. The molecule has 3 N–H and O–H groups in total. The maximum Gasteiger partial charge on any atom is 0.283 e. The van der Waals surface area contributed by atoms with E-state index in [0.717, 1.165) is 6.07 Å². The zero-order chi connectivity index (χ0) is 21.6. The zero-order valence-corrected chi connectivity index (χ0v) is 18.1. The molecule has 3 aromatic rings. The minimum Gasteiger partial charge on any atom is -0.506 e. The van der Waals surface area contributed by atoms with E-state index in [-0.39, 0.29) is 36.8 Å². The summed E-state index contributed by atoms with van der Waals surface area (Å²) in [6, 6.07) is 11.8. The van der Waals surface area contributed by atoms with Crippen molar-refractivity contribution >= 4 is 56.5 Å². The fourth-order valence-corrected chi connectivity index (χ4v) is 5.53. The summed E-state index contributed by atoms with van der Waals surface area (Å²) >= 11 is 24.4. The van der Waals surface area contributed by atoms with Gasteiger partial charge in [0.15, 0.2) is 4.75 Å². The molecule has 0 heterocycles. The summed E-state index contributed by atoms with van der Waals surface area (Å²) in [7, 11) is -5.13. The van der Waals surface area contributed by atoms with Crippen LogP contribution in [0.1, 0.15) is 16.7 Å². The van der Waals surface area contributed by atoms with Gasteiger partial charge in [0.2, 0.25) is 0 Å². The summed E-state index contributed by atoms with van der Waals surface area (Å²) in [5.74, 6) is -1.08. The van der Waals surface area contributed by atoms with Crippen LogP contribution in [0.25, 0.3) is 0 Å². The van der Waals surface area contributed by atoms with Gasteiger partial charge in [-0.1, -0.05) is 70.7 Å². The molecule has 3 aromatic carbocycles. The summed E-state index contributed by atoms with van der Waals surface area (Å²) < 4.78 is 33.9. The Bertz CT molecular complexity index is 1210. The summed E-state index contributed by atoms with van der Waals surface area (Å²) in [5, 5.41) is 20.3. The first-order valence-corrected chi connectivity index (χ1v) is 10.8. The van der Waals surface area contributed by atoms with Gasteiger partial charge in [0, 0.05) is 21.2 Å². The molecule has 0 saturated carbocycles. The van der Waals surface area contributed by atoms with Crippen LogP contribution < -0.4 is 0 Å². The maximum atomic E-state index is 13.0. The third-order valence-corrected chi connectivity index (χ3v) is 6.97.